The molecule has 0 spiro atoms. The Morgan fingerprint density at radius 3 is 2.69 bits per heavy atom. The van der Waals surface area contributed by atoms with Crippen LogP contribution in [-0.4, -0.2) is 33.9 Å². The van der Waals surface area contributed by atoms with Gasteiger partial charge in [-0.05, 0) is 25.7 Å². The first-order valence-electron chi connectivity index (χ1n) is 5.34. The zero-order valence-corrected chi connectivity index (χ0v) is 10.1. The number of rotatable bonds is 3. The summed E-state index contributed by atoms with van der Waals surface area (Å²) in [6, 6.07) is 0.268. The Kier molecular flexibility index (Phi) is 3.10. The molecule has 1 aliphatic rings. The van der Waals surface area contributed by atoms with E-state index in [2.05, 4.69) is 16.9 Å². The summed E-state index contributed by atoms with van der Waals surface area (Å²) in [4.78, 5) is 21.6. The van der Waals surface area contributed by atoms with Crippen molar-refractivity contribution in [2.24, 2.45) is 5.92 Å². The minimum Gasteiger partial charge on any atom is -0.337 e. The van der Waals surface area contributed by atoms with Gasteiger partial charge >= 0.3 is 0 Å². The Labute approximate surface area is 99.6 Å². The van der Waals surface area contributed by atoms with E-state index in [4.69, 9.17) is 11.6 Å². The van der Waals surface area contributed by atoms with Crippen molar-refractivity contribution in [3.63, 3.8) is 0 Å². The Hall–Kier alpha value is -1.16. The fourth-order valence-corrected chi connectivity index (χ4v) is 1.78. The monoisotopic (exact) mass is 239 g/mol. The molecule has 0 radical (unpaired) electrons. The fourth-order valence-electron chi connectivity index (χ4n) is 1.68. The third kappa shape index (κ3) is 2.32. The second-order valence-electron chi connectivity index (χ2n) is 4.22. The highest BCUT2D eigenvalue weighted by molar-refractivity contribution is 6.29. The first-order valence-corrected chi connectivity index (χ1v) is 5.72. The van der Waals surface area contributed by atoms with Gasteiger partial charge in [0.2, 0.25) is 0 Å². The van der Waals surface area contributed by atoms with Gasteiger partial charge in [-0.2, -0.15) is 0 Å². The summed E-state index contributed by atoms with van der Waals surface area (Å²) in [5, 5.41) is 0.300. The first kappa shape index (κ1) is 11.3. The van der Waals surface area contributed by atoms with Gasteiger partial charge in [-0.15, -0.1) is 0 Å². The lowest BCUT2D eigenvalue weighted by atomic mass is 10.2. The van der Waals surface area contributed by atoms with Crippen LogP contribution in [0.2, 0.25) is 5.15 Å². The third-order valence-electron chi connectivity index (χ3n) is 3.07. The quantitative estimate of drug-likeness (QED) is 0.811. The number of aromatic nitrogens is 2. The summed E-state index contributed by atoms with van der Waals surface area (Å²) in [7, 11) is 1.81. The molecule has 1 aromatic heterocycles. The number of carbonyl (C=O) groups is 1. The van der Waals surface area contributed by atoms with Crippen LogP contribution >= 0.6 is 11.6 Å². The van der Waals surface area contributed by atoms with Crippen LogP contribution in [0.5, 0.6) is 0 Å². The largest absolute Gasteiger partial charge is 0.337 e. The molecule has 1 aromatic rings. The van der Waals surface area contributed by atoms with E-state index in [1.165, 1.54) is 25.2 Å². The zero-order valence-electron chi connectivity index (χ0n) is 9.35. The summed E-state index contributed by atoms with van der Waals surface area (Å²) in [5.74, 6) is 0.553. The molecule has 0 bridgehead atoms. The summed E-state index contributed by atoms with van der Waals surface area (Å²) in [6.45, 7) is 2.07. The number of carbonyl (C=O) groups excluding carboxylic acids is 1. The summed E-state index contributed by atoms with van der Waals surface area (Å²) in [6.07, 6.45) is 5.24. The minimum atomic E-state index is -0.0939. The van der Waals surface area contributed by atoms with Crippen molar-refractivity contribution in [1.29, 1.82) is 0 Å². The SMILES string of the molecule is CC(C1CC1)N(C)C(=O)c1cnc(Cl)cn1. The number of hydrogen-bond donors (Lipinski definition) is 0. The molecule has 5 heteroatoms. The van der Waals surface area contributed by atoms with Gasteiger partial charge in [-0.1, -0.05) is 11.6 Å². The van der Waals surface area contributed by atoms with Crippen molar-refractivity contribution in [1.82, 2.24) is 14.9 Å². The van der Waals surface area contributed by atoms with Crippen LogP contribution in [0, 0.1) is 5.92 Å². The van der Waals surface area contributed by atoms with Crippen molar-refractivity contribution in [3.8, 4) is 0 Å². The average Bonchev–Trinajstić information content (AvgIpc) is 3.11. The zero-order chi connectivity index (χ0) is 11.7. The summed E-state index contributed by atoms with van der Waals surface area (Å²) < 4.78 is 0. The van der Waals surface area contributed by atoms with E-state index in [9.17, 15) is 4.79 Å². The lowest BCUT2D eigenvalue weighted by molar-refractivity contribution is 0.0721. The molecule has 86 valence electrons. The molecule has 1 unspecified atom stereocenters. The molecule has 1 fully saturated rings. The van der Waals surface area contributed by atoms with E-state index in [1.54, 1.807) is 4.90 Å². The molecule has 4 nitrogen and oxygen atoms in total. The molecule has 1 amide bonds. The lowest BCUT2D eigenvalue weighted by Crippen LogP contribution is -2.36. The van der Waals surface area contributed by atoms with Crippen LogP contribution in [0.1, 0.15) is 30.3 Å². The molecule has 0 saturated heterocycles. The Balaban J connectivity index is 2.08. The summed E-state index contributed by atoms with van der Waals surface area (Å²) in [5.41, 5.74) is 0.347. The normalized spacial score (nSPS) is 16.9. The molecule has 1 heterocycles. The highest BCUT2D eigenvalue weighted by atomic mass is 35.5. The van der Waals surface area contributed by atoms with Gasteiger partial charge in [0.15, 0.2) is 0 Å². The van der Waals surface area contributed by atoms with Crippen LogP contribution in [0.4, 0.5) is 0 Å². The van der Waals surface area contributed by atoms with Crippen LogP contribution < -0.4 is 0 Å². The van der Waals surface area contributed by atoms with E-state index in [-0.39, 0.29) is 11.9 Å². The van der Waals surface area contributed by atoms with E-state index in [1.807, 2.05) is 7.05 Å². The van der Waals surface area contributed by atoms with E-state index in [0.29, 0.717) is 16.8 Å². The van der Waals surface area contributed by atoms with Crippen LogP contribution in [0.25, 0.3) is 0 Å². The Bertz CT molecular complexity index is 389. The lowest BCUT2D eigenvalue weighted by Gasteiger charge is -2.24. The standard InChI is InChI=1S/C11H14ClN3O/c1-7(8-3-4-8)15(2)11(16)9-5-14-10(12)6-13-9/h5-8H,3-4H2,1-2H3. The van der Waals surface area contributed by atoms with Gasteiger partial charge < -0.3 is 4.90 Å². The van der Waals surface area contributed by atoms with Crippen molar-refractivity contribution < 1.29 is 4.79 Å². The van der Waals surface area contributed by atoms with E-state index < -0.39 is 0 Å². The summed E-state index contributed by atoms with van der Waals surface area (Å²) >= 11 is 5.62. The molecule has 1 aliphatic carbocycles. The maximum Gasteiger partial charge on any atom is 0.274 e. The molecular formula is C11H14ClN3O. The second kappa shape index (κ2) is 4.37. The van der Waals surface area contributed by atoms with Gasteiger partial charge in [0.25, 0.3) is 5.91 Å². The number of amides is 1. The van der Waals surface area contributed by atoms with Gasteiger partial charge in [-0.3, -0.25) is 4.79 Å². The Morgan fingerprint density at radius 2 is 2.19 bits per heavy atom. The van der Waals surface area contributed by atoms with Gasteiger partial charge in [0, 0.05) is 13.1 Å². The molecule has 0 N–H and O–H groups in total. The molecule has 2 rings (SSSR count). The van der Waals surface area contributed by atoms with Gasteiger partial charge in [0.1, 0.15) is 10.8 Å². The smallest absolute Gasteiger partial charge is 0.274 e. The van der Waals surface area contributed by atoms with E-state index in [0.717, 1.165) is 0 Å². The number of nitrogens with zero attached hydrogens (tertiary/aromatic N) is 3. The van der Waals surface area contributed by atoms with E-state index >= 15 is 0 Å². The van der Waals surface area contributed by atoms with Gasteiger partial charge in [0.05, 0.1) is 12.4 Å². The molecule has 1 saturated carbocycles. The average molecular weight is 240 g/mol. The molecular weight excluding hydrogens is 226 g/mol. The maximum absolute atomic E-state index is 12.0. The second-order valence-corrected chi connectivity index (χ2v) is 4.61. The van der Waals surface area contributed by atoms with Gasteiger partial charge in [-0.25, -0.2) is 9.97 Å². The van der Waals surface area contributed by atoms with Crippen LogP contribution in [0.15, 0.2) is 12.4 Å². The minimum absolute atomic E-state index is 0.0939. The van der Waals surface area contributed by atoms with Crippen LogP contribution in [0.3, 0.4) is 0 Å². The number of hydrogen-bond acceptors (Lipinski definition) is 3. The number of halogens is 1. The van der Waals surface area contributed by atoms with Crippen LogP contribution in [-0.2, 0) is 0 Å². The first-order chi connectivity index (χ1) is 7.59. The molecule has 0 aromatic carbocycles. The highest BCUT2D eigenvalue weighted by Gasteiger charge is 2.33. The highest BCUT2D eigenvalue weighted by Crippen LogP contribution is 2.34. The third-order valence-corrected chi connectivity index (χ3v) is 3.27. The molecule has 0 aliphatic heterocycles. The van der Waals surface area contributed by atoms with Crippen molar-refractivity contribution in [2.45, 2.75) is 25.8 Å². The fraction of sp³-hybridized carbons (Fsp3) is 0.545. The topological polar surface area (TPSA) is 46.1 Å². The van der Waals surface area contributed by atoms with Crippen molar-refractivity contribution in [3.05, 3.63) is 23.2 Å². The predicted octanol–water partition coefficient (Wildman–Crippen LogP) is 2.00. The predicted molar refractivity (Wildman–Crippen MR) is 61.3 cm³/mol. The van der Waals surface area contributed by atoms with Crippen molar-refractivity contribution in [2.75, 3.05) is 7.05 Å². The Morgan fingerprint density at radius 1 is 1.50 bits per heavy atom. The molecule has 1 atom stereocenters. The molecule has 16 heavy (non-hydrogen) atoms. The maximum atomic E-state index is 12.0. The van der Waals surface area contributed by atoms with Crippen molar-refractivity contribution >= 4 is 17.5 Å².